The zero-order chi connectivity index (χ0) is 27.8. The first kappa shape index (κ1) is 27.9. The first-order chi connectivity index (χ1) is 18.8. The monoisotopic (exact) mass is 528 g/mol. The number of amides is 3. The SMILES string of the molecule is C[C@@H](O)[C@H](NC(=O)c1ccc(C#CC#Cc2ccc(NC(=O)CN[C@@H]3C[C@@H]4CC[C@@H]3C4)cc2)cc1)C(=O)NO. The Hall–Kier alpha value is -4.15. The molecule has 5 atom stereocenters. The zero-order valence-corrected chi connectivity index (χ0v) is 21.7. The number of carbonyl (C=O) groups excluding carboxylic acids is 3. The Morgan fingerprint density at radius 1 is 0.949 bits per heavy atom. The van der Waals surface area contributed by atoms with Gasteiger partial charge in [-0.05, 0) is 98.4 Å². The third-order valence-corrected chi connectivity index (χ3v) is 7.22. The maximum Gasteiger partial charge on any atom is 0.268 e. The number of benzene rings is 2. The lowest BCUT2D eigenvalue weighted by Crippen LogP contribution is -2.51. The highest BCUT2D eigenvalue weighted by Crippen LogP contribution is 2.44. The molecule has 0 radical (unpaired) electrons. The quantitative estimate of drug-likeness (QED) is 0.175. The molecule has 2 fully saturated rings. The van der Waals surface area contributed by atoms with Crippen LogP contribution in [-0.4, -0.2) is 52.8 Å². The third kappa shape index (κ3) is 7.68. The first-order valence-corrected chi connectivity index (χ1v) is 13.0. The second-order valence-corrected chi connectivity index (χ2v) is 10.0. The highest BCUT2D eigenvalue weighted by atomic mass is 16.5. The summed E-state index contributed by atoms with van der Waals surface area (Å²) in [5.41, 5.74) is 3.79. The summed E-state index contributed by atoms with van der Waals surface area (Å²) in [4.78, 5) is 36.2. The van der Waals surface area contributed by atoms with Gasteiger partial charge in [-0.3, -0.25) is 19.6 Å². The van der Waals surface area contributed by atoms with E-state index in [9.17, 15) is 19.5 Å². The summed E-state index contributed by atoms with van der Waals surface area (Å²) in [7, 11) is 0. The molecule has 0 saturated heterocycles. The molecule has 2 saturated carbocycles. The molecule has 3 amide bonds. The molecule has 2 aliphatic carbocycles. The van der Waals surface area contributed by atoms with E-state index in [4.69, 9.17) is 5.21 Å². The molecule has 0 spiro atoms. The molecule has 4 rings (SSSR count). The molecular formula is C30H32N4O5. The number of hydrogen-bond donors (Lipinski definition) is 6. The summed E-state index contributed by atoms with van der Waals surface area (Å²) in [6, 6.07) is 12.8. The van der Waals surface area contributed by atoms with Gasteiger partial charge >= 0.3 is 0 Å². The number of rotatable bonds is 8. The van der Waals surface area contributed by atoms with Crippen molar-refractivity contribution in [3.8, 4) is 23.7 Å². The van der Waals surface area contributed by atoms with Crippen LogP contribution in [0, 0.1) is 35.5 Å². The number of aliphatic hydroxyl groups excluding tert-OH is 1. The van der Waals surface area contributed by atoms with Crippen molar-refractivity contribution < 1.29 is 24.7 Å². The molecule has 9 heteroatoms. The maximum absolute atomic E-state index is 12.3. The molecule has 0 aromatic heterocycles. The average molecular weight is 529 g/mol. The van der Waals surface area contributed by atoms with Crippen LogP contribution in [-0.2, 0) is 9.59 Å². The van der Waals surface area contributed by atoms with Crippen LogP contribution in [0.3, 0.4) is 0 Å². The van der Waals surface area contributed by atoms with Crippen molar-refractivity contribution in [2.45, 2.75) is 50.8 Å². The smallest absolute Gasteiger partial charge is 0.268 e. The number of nitrogens with one attached hydrogen (secondary N) is 4. The van der Waals surface area contributed by atoms with Gasteiger partial charge in [-0.1, -0.05) is 18.3 Å². The van der Waals surface area contributed by atoms with Crippen LogP contribution in [0.2, 0.25) is 0 Å². The van der Waals surface area contributed by atoms with Gasteiger partial charge in [0, 0.05) is 28.4 Å². The van der Waals surface area contributed by atoms with Gasteiger partial charge in [0.25, 0.3) is 11.8 Å². The van der Waals surface area contributed by atoms with Crippen molar-refractivity contribution in [3.63, 3.8) is 0 Å². The lowest BCUT2D eigenvalue weighted by molar-refractivity contribution is -0.133. The predicted octanol–water partition coefficient (Wildman–Crippen LogP) is 1.79. The summed E-state index contributed by atoms with van der Waals surface area (Å²) < 4.78 is 0. The molecule has 202 valence electrons. The van der Waals surface area contributed by atoms with Gasteiger partial charge in [0.15, 0.2) is 0 Å². The molecule has 39 heavy (non-hydrogen) atoms. The van der Waals surface area contributed by atoms with Gasteiger partial charge in [-0.25, -0.2) is 5.48 Å². The number of carbonyl (C=O) groups is 3. The molecule has 6 N–H and O–H groups in total. The number of hydrogen-bond acceptors (Lipinski definition) is 6. The van der Waals surface area contributed by atoms with E-state index in [1.807, 2.05) is 24.3 Å². The summed E-state index contributed by atoms with van der Waals surface area (Å²) in [5.74, 6) is 11.4. The Bertz CT molecular complexity index is 1320. The van der Waals surface area contributed by atoms with Gasteiger partial charge in [-0.2, -0.15) is 0 Å². The van der Waals surface area contributed by atoms with Gasteiger partial charge in [0.1, 0.15) is 6.04 Å². The molecule has 9 nitrogen and oxygen atoms in total. The van der Waals surface area contributed by atoms with Crippen molar-refractivity contribution in [2.75, 3.05) is 11.9 Å². The Kier molecular flexibility index (Phi) is 9.35. The Balaban J connectivity index is 1.24. The normalized spacial score (nSPS) is 20.4. The van der Waals surface area contributed by atoms with Gasteiger partial charge in [-0.15, -0.1) is 0 Å². The minimum Gasteiger partial charge on any atom is -0.391 e. The van der Waals surface area contributed by atoms with E-state index in [-0.39, 0.29) is 11.5 Å². The molecule has 0 heterocycles. The molecule has 2 aromatic carbocycles. The Morgan fingerprint density at radius 2 is 1.59 bits per heavy atom. The fraction of sp³-hybridized carbons (Fsp3) is 0.367. The highest BCUT2D eigenvalue weighted by molar-refractivity contribution is 5.97. The second-order valence-electron chi connectivity index (χ2n) is 10.0. The molecular weight excluding hydrogens is 496 g/mol. The summed E-state index contributed by atoms with van der Waals surface area (Å²) in [5, 5.41) is 27.1. The van der Waals surface area contributed by atoms with Crippen LogP contribution < -0.4 is 21.4 Å². The summed E-state index contributed by atoms with van der Waals surface area (Å²) in [6.07, 6.45) is 3.92. The minimum absolute atomic E-state index is 0.0515. The average Bonchev–Trinajstić information content (AvgIpc) is 3.57. The van der Waals surface area contributed by atoms with Crippen molar-refractivity contribution in [1.29, 1.82) is 0 Å². The number of aliphatic hydroxyl groups is 1. The van der Waals surface area contributed by atoms with E-state index < -0.39 is 24.0 Å². The van der Waals surface area contributed by atoms with E-state index in [0.717, 1.165) is 17.4 Å². The van der Waals surface area contributed by atoms with Crippen molar-refractivity contribution >= 4 is 23.4 Å². The fourth-order valence-electron chi connectivity index (χ4n) is 5.17. The van der Waals surface area contributed by atoms with Crippen LogP contribution in [0.15, 0.2) is 48.5 Å². The fourth-order valence-corrected chi connectivity index (χ4v) is 5.17. The summed E-state index contributed by atoms with van der Waals surface area (Å²) in [6.45, 7) is 1.64. The van der Waals surface area contributed by atoms with Gasteiger partial charge < -0.3 is 21.1 Å². The maximum atomic E-state index is 12.3. The Labute approximate surface area is 227 Å². The van der Waals surface area contributed by atoms with E-state index in [1.165, 1.54) is 50.2 Å². The third-order valence-electron chi connectivity index (χ3n) is 7.22. The Morgan fingerprint density at radius 3 is 2.13 bits per heavy atom. The lowest BCUT2D eigenvalue weighted by Gasteiger charge is -2.22. The molecule has 2 aliphatic rings. The highest BCUT2D eigenvalue weighted by Gasteiger charge is 2.39. The first-order valence-electron chi connectivity index (χ1n) is 13.0. The van der Waals surface area contributed by atoms with Crippen molar-refractivity contribution in [3.05, 3.63) is 65.2 Å². The van der Waals surface area contributed by atoms with Crippen molar-refractivity contribution in [2.24, 2.45) is 11.8 Å². The largest absolute Gasteiger partial charge is 0.391 e. The van der Waals surface area contributed by atoms with Crippen molar-refractivity contribution in [1.82, 2.24) is 16.1 Å². The van der Waals surface area contributed by atoms with Crippen LogP contribution >= 0.6 is 0 Å². The van der Waals surface area contributed by atoms with E-state index >= 15 is 0 Å². The second kappa shape index (κ2) is 13.1. The lowest BCUT2D eigenvalue weighted by atomic mass is 9.95. The van der Waals surface area contributed by atoms with Crippen LogP contribution in [0.25, 0.3) is 0 Å². The number of hydroxylamine groups is 1. The summed E-state index contributed by atoms with van der Waals surface area (Å²) >= 11 is 0. The number of anilines is 1. The predicted molar refractivity (Wildman–Crippen MR) is 145 cm³/mol. The van der Waals surface area contributed by atoms with Crippen LogP contribution in [0.1, 0.15) is 54.1 Å². The van der Waals surface area contributed by atoms with Gasteiger partial charge in [0.2, 0.25) is 5.91 Å². The minimum atomic E-state index is -1.30. The van der Waals surface area contributed by atoms with Crippen LogP contribution in [0.5, 0.6) is 0 Å². The molecule has 0 unspecified atom stereocenters. The molecule has 2 aromatic rings. The standard InChI is InChI=1S/C30H32N4O5/c1-19(35)28(30(38)34-39)33-29(37)23-11-6-20(7-12-23)4-2-3-5-21-9-14-25(15-10-21)32-27(36)18-31-26-17-22-8-13-24(26)16-22/h6-7,9-12,14-15,19,22,24,26,28,31,35,39H,8,13,16-18H2,1H3,(H,32,36)(H,33,37)(H,34,38)/t19-,22-,24-,26-,28+/m1/s1. The van der Waals surface area contributed by atoms with Gasteiger partial charge in [0.05, 0.1) is 12.6 Å². The van der Waals surface area contributed by atoms with Crippen LogP contribution in [0.4, 0.5) is 5.69 Å². The topological polar surface area (TPSA) is 140 Å². The van der Waals surface area contributed by atoms with E-state index in [1.54, 1.807) is 12.1 Å². The van der Waals surface area contributed by atoms with E-state index in [2.05, 4.69) is 39.6 Å². The van der Waals surface area contributed by atoms with E-state index in [0.29, 0.717) is 23.8 Å². The molecule has 0 aliphatic heterocycles. The molecule has 2 bridgehead atoms. The number of fused-ring (bicyclic) bond motifs is 2. The zero-order valence-electron chi connectivity index (χ0n) is 21.7.